The molecule has 0 atom stereocenters. The van der Waals surface area contributed by atoms with Crippen LogP contribution in [-0.2, 0) is 6.54 Å². The van der Waals surface area contributed by atoms with Crippen LogP contribution >= 0.6 is 11.3 Å². The Morgan fingerprint density at radius 2 is 1.90 bits per heavy atom. The minimum absolute atomic E-state index is 0.475. The van der Waals surface area contributed by atoms with Gasteiger partial charge in [-0.1, -0.05) is 57.0 Å². The van der Waals surface area contributed by atoms with Crippen LogP contribution in [0.3, 0.4) is 0 Å². The van der Waals surface area contributed by atoms with Gasteiger partial charge < -0.3 is 5.32 Å². The van der Waals surface area contributed by atoms with Gasteiger partial charge in [0.25, 0.3) is 0 Å². The van der Waals surface area contributed by atoms with Crippen molar-refractivity contribution in [1.29, 1.82) is 0 Å². The van der Waals surface area contributed by atoms with E-state index in [0.717, 1.165) is 18.1 Å². The van der Waals surface area contributed by atoms with Crippen molar-refractivity contribution in [2.24, 2.45) is 0 Å². The summed E-state index contributed by atoms with van der Waals surface area (Å²) in [5.74, 6) is 0.475. The second kappa shape index (κ2) is 7.71. The van der Waals surface area contributed by atoms with Crippen LogP contribution in [0.4, 0.5) is 0 Å². The Bertz CT molecular complexity index is 555. The van der Waals surface area contributed by atoms with Gasteiger partial charge in [0, 0.05) is 17.0 Å². The molecule has 1 N–H and O–H groups in total. The molecule has 1 aromatic heterocycles. The first-order valence-electron chi connectivity index (χ1n) is 7.89. The van der Waals surface area contributed by atoms with E-state index in [0.29, 0.717) is 5.92 Å². The van der Waals surface area contributed by atoms with E-state index in [9.17, 15) is 0 Å². The molecule has 0 unspecified atom stereocenters. The first kappa shape index (κ1) is 16.2. The first-order valence-corrected chi connectivity index (χ1v) is 8.70. The lowest BCUT2D eigenvalue weighted by Crippen LogP contribution is -2.14. The highest BCUT2D eigenvalue weighted by Gasteiger charge is 2.14. The van der Waals surface area contributed by atoms with Crippen molar-refractivity contribution in [3.63, 3.8) is 0 Å². The van der Waals surface area contributed by atoms with E-state index in [1.165, 1.54) is 34.5 Å². The predicted molar refractivity (Wildman–Crippen MR) is 93.0 cm³/mol. The van der Waals surface area contributed by atoms with Crippen molar-refractivity contribution in [1.82, 2.24) is 10.3 Å². The molecule has 1 heterocycles. The highest BCUT2D eigenvalue weighted by Crippen LogP contribution is 2.31. The molecule has 0 saturated carbocycles. The molecule has 2 aromatic rings. The van der Waals surface area contributed by atoms with Crippen molar-refractivity contribution in [2.45, 2.75) is 53.0 Å². The molecule has 0 fully saturated rings. The van der Waals surface area contributed by atoms with Crippen LogP contribution in [0.1, 0.15) is 55.7 Å². The summed E-state index contributed by atoms with van der Waals surface area (Å²) in [6, 6.07) is 8.66. The van der Waals surface area contributed by atoms with Gasteiger partial charge in [-0.05, 0) is 25.8 Å². The molecule has 0 aliphatic heterocycles. The second-order valence-electron chi connectivity index (χ2n) is 5.88. The van der Waals surface area contributed by atoms with E-state index in [1.54, 1.807) is 0 Å². The number of nitrogens with one attached hydrogen (secondary N) is 1. The lowest BCUT2D eigenvalue weighted by Gasteiger charge is -2.06. The number of aryl methyl sites for hydroxylation is 1. The maximum Gasteiger partial charge on any atom is 0.123 e. The zero-order valence-electron chi connectivity index (χ0n) is 13.6. The second-order valence-corrected chi connectivity index (χ2v) is 6.96. The number of benzene rings is 1. The van der Waals surface area contributed by atoms with Gasteiger partial charge in [-0.15, -0.1) is 11.3 Å². The third-order valence-electron chi connectivity index (χ3n) is 3.57. The van der Waals surface area contributed by atoms with Crippen LogP contribution in [0, 0.1) is 6.92 Å². The summed E-state index contributed by atoms with van der Waals surface area (Å²) in [6.45, 7) is 10.8. The zero-order chi connectivity index (χ0) is 15.2. The topological polar surface area (TPSA) is 24.9 Å². The fraction of sp³-hybridized carbons (Fsp3) is 0.500. The Balaban J connectivity index is 2.18. The smallest absolute Gasteiger partial charge is 0.123 e. The first-order chi connectivity index (χ1) is 10.1. The van der Waals surface area contributed by atoms with Crippen LogP contribution in [0.5, 0.6) is 0 Å². The maximum atomic E-state index is 4.89. The number of aromatic nitrogens is 1. The number of hydrogen-bond donors (Lipinski definition) is 1. The van der Waals surface area contributed by atoms with Crippen LogP contribution in [0.2, 0.25) is 0 Å². The van der Waals surface area contributed by atoms with Gasteiger partial charge in [-0.2, -0.15) is 0 Å². The van der Waals surface area contributed by atoms with Crippen molar-refractivity contribution < 1.29 is 0 Å². The van der Waals surface area contributed by atoms with Gasteiger partial charge in [0.2, 0.25) is 0 Å². The lowest BCUT2D eigenvalue weighted by molar-refractivity contribution is 0.639. The van der Waals surface area contributed by atoms with Crippen LogP contribution in [0.25, 0.3) is 10.6 Å². The van der Waals surface area contributed by atoms with E-state index in [-0.39, 0.29) is 0 Å². The van der Waals surface area contributed by atoms with Gasteiger partial charge in [0.1, 0.15) is 5.01 Å². The number of hydrogen-bond acceptors (Lipinski definition) is 3. The quantitative estimate of drug-likeness (QED) is 0.717. The number of unbranched alkanes of at least 4 members (excludes halogenated alkanes) is 1. The Kier molecular flexibility index (Phi) is 5.95. The van der Waals surface area contributed by atoms with Crippen LogP contribution in [0.15, 0.2) is 24.3 Å². The molecule has 114 valence electrons. The van der Waals surface area contributed by atoms with Crippen molar-refractivity contribution in [3.05, 3.63) is 40.4 Å². The highest BCUT2D eigenvalue weighted by atomic mass is 32.1. The standard InChI is InChI=1S/C18H26N2S/c1-5-6-11-19-12-16-17(13(2)3)20-18(21-16)15-9-7-14(4)8-10-15/h7-10,13,19H,5-6,11-12H2,1-4H3. The molecule has 0 radical (unpaired) electrons. The minimum Gasteiger partial charge on any atom is -0.312 e. The zero-order valence-corrected chi connectivity index (χ0v) is 14.4. The number of nitrogens with zero attached hydrogens (tertiary/aromatic N) is 1. The van der Waals surface area contributed by atoms with E-state index in [1.807, 2.05) is 11.3 Å². The van der Waals surface area contributed by atoms with Crippen molar-refractivity contribution in [2.75, 3.05) is 6.54 Å². The van der Waals surface area contributed by atoms with Crippen LogP contribution in [-0.4, -0.2) is 11.5 Å². The summed E-state index contributed by atoms with van der Waals surface area (Å²) in [6.07, 6.45) is 2.47. The fourth-order valence-corrected chi connectivity index (χ4v) is 3.46. The van der Waals surface area contributed by atoms with Gasteiger partial charge in [-0.25, -0.2) is 4.98 Å². The van der Waals surface area contributed by atoms with Gasteiger partial charge in [0.05, 0.1) is 5.69 Å². The number of thiazole rings is 1. The molecular weight excluding hydrogens is 276 g/mol. The molecule has 1 aromatic carbocycles. The van der Waals surface area contributed by atoms with Gasteiger partial charge >= 0.3 is 0 Å². The highest BCUT2D eigenvalue weighted by molar-refractivity contribution is 7.15. The molecule has 21 heavy (non-hydrogen) atoms. The van der Waals surface area contributed by atoms with E-state index < -0.39 is 0 Å². The van der Waals surface area contributed by atoms with Gasteiger partial charge in [0.15, 0.2) is 0 Å². The molecule has 0 amide bonds. The summed E-state index contributed by atoms with van der Waals surface area (Å²) >= 11 is 1.83. The largest absolute Gasteiger partial charge is 0.312 e. The van der Waals surface area contributed by atoms with Crippen molar-refractivity contribution in [3.8, 4) is 10.6 Å². The summed E-state index contributed by atoms with van der Waals surface area (Å²) < 4.78 is 0. The van der Waals surface area contributed by atoms with Gasteiger partial charge in [-0.3, -0.25) is 0 Å². The summed E-state index contributed by atoms with van der Waals surface area (Å²) in [5, 5.41) is 4.69. The average molecular weight is 302 g/mol. The maximum absolute atomic E-state index is 4.89. The average Bonchev–Trinajstić information content (AvgIpc) is 2.89. The van der Waals surface area contributed by atoms with Crippen LogP contribution < -0.4 is 5.32 Å². The molecule has 0 saturated heterocycles. The lowest BCUT2D eigenvalue weighted by atomic mass is 10.1. The molecule has 3 heteroatoms. The Hall–Kier alpha value is -1.19. The monoisotopic (exact) mass is 302 g/mol. The molecule has 0 bridgehead atoms. The van der Waals surface area contributed by atoms with E-state index in [2.05, 4.69) is 57.3 Å². The SMILES string of the molecule is CCCCNCc1sc(-c2ccc(C)cc2)nc1C(C)C. The summed E-state index contributed by atoms with van der Waals surface area (Å²) in [7, 11) is 0. The molecule has 2 nitrogen and oxygen atoms in total. The molecule has 2 rings (SSSR count). The molecule has 0 spiro atoms. The summed E-state index contributed by atoms with van der Waals surface area (Å²) in [5.41, 5.74) is 3.77. The Labute approximate surface area is 132 Å². The molecular formula is C18H26N2S. The Morgan fingerprint density at radius 3 is 2.52 bits per heavy atom. The summed E-state index contributed by atoms with van der Waals surface area (Å²) in [4.78, 5) is 6.27. The van der Waals surface area contributed by atoms with Crippen molar-refractivity contribution >= 4 is 11.3 Å². The molecule has 0 aliphatic carbocycles. The third kappa shape index (κ3) is 4.39. The molecule has 0 aliphatic rings. The third-order valence-corrected chi connectivity index (χ3v) is 4.69. The normalized spacial score (nSPS) is 11.3. The van der Waals surface area contributed by atoms with E-state index in [4.69, 9.17) is 4.98 Å². The Morgan fingerprint density at radius 1 is 1.19 bits per heavy atom. The number of rotatable bonds is 7. The van der Waals surface area contributed by atoms with E-state index >= 15 is 0 Å². The predicted octanol–water partition coefficient (Wildman–Crippen LogP) is 5.13. The minimum atomic E-state index is 0.475. The fourth-order valence-electron chi connectivity index (χ4n) is 2.26.